The maximum absolute atomic E-state index is 6.03. The van der Waals surface area contributed by atoms with Gasteiger partial charge in [-0.3, -0.25) is 0 Å². The monoisotopic (exact) mass is 292 g/mol. The number of ether oxygens (including phenoxy) is 2. The van der Waals surface area contributed by atoms with Crippen LogP contribution in [0.2, 0.25) is 0 Å². The van der Waals surface area contributed by atoms with E-state index in [1.165, 1.54) is 5.57 Å². The molecule has 0 saturated heterocycles. The molecule has 4 heteroatoms. The minimum Gasteiger partial charge on any atom is -0.493 e. The minimum atomic E-state index is 0.184. The Labute approximate surface area is 128 Å². The van der Waals surface area contributed by atoms with E-state index in [1.807, 2.05) is 19.3 Å². The van der Waals surface area contributed by atoms with E-state index in [4.69, 9.17) is 9.47 Å². The lowest BCUT2D eigenvalue weighted by Crippen LogP contribution is -2.21. The molecular formula is C17H28N2O2. The van der Waals surface area contributed by atoms with Crippen molar-refractivity contribution in [1.29, 1.82) is 0 Å². The van der Waals surface area contributed by atoms with Crippen LogP contribution in [0, 0.1) is 0 Å². The minimum absolute atomic E-state index is 0.184. The summed E-state index contributed by atoms with van der Waals surface area (Å²) >= 11 is 0. The summed E-state index contributed by atoms with van der Waals surface area (Å²) in [5.74, 6) is 1.58. The van der Waals surface area contributed by atoms with E-state index >= 15 is 0 Å². The van der Waals surface area contributed by atoms with Crippen LogP contribution in [-0.2, 0) is 0 Å². The lowest BCUT2D eigenvalue weighted by Gasteiger charge is -2.18. The van der Waals surface area contributed by atoms with Crippen LogP contribution in [0.4, 0.5) is 0 Å². The van der Waals surface area contributed by atoms with Gasteiger partial charge in [0.25, 0.3) is 0 Å². The van der Waals surface area contributed by atoms with Gasteiger partial charge in [0.1, 0.15) is 0 Å². The fourth-order valence-electron chi connectivity index (χ4n) is 2.20. The largest absolute Gasteiger partial charge is 0.493 e. The van der Waals surface area contributed by atoms with Crippen LogP contribution in [0.25, 0.3) is 5.57 Å². The standard InChI is InChI=1S/C17H28N2O2/c1-6-8-13(3)21-17-11-15(9-10-16(17)20-5)14(7-2)12-19-18-4/h9-13,18-19H,6-8H2,1-5H3/b14-12+. The Morgan fingerprint density at radius 2 is 2.05 bits per heavy atom. The highest BCUT2D eigenvalue weighted by molar-refractivity contribution is 5.67. The zero-order valence-electron chi connectivity index (χ0n) is 13.8. The Bertz CT molecular complexity index is 458. The van der Waals surface area contributed by atoms with Gasteiger partial charge in [0.15, 0.2) is 11.5 Å². The van der Waals surface area contributed by atoms with Gasteiger partial charge in [-0.05, 0) is 43.0 Å². The van der Waals surface area contributed by atoms with Crippen molar-refractivity contribution in [3.8, 4) is 11.5 Å². The molecule has 1 unspecified atom stereocenters. The number of methoxy groups -OCH3 is 1. The highest BCUT2D eigenvalue weighted by atomic mass is 16.5. The van der Waals surface area contributed by atoms with E-state index in [0.29, 0.717) is 0 Å². The third-order valence-electron chi connectivity index (χ3n) is 3.33. The zero-order chi connectivity index (χ0) is 15.7. The SMILES string of the molecule is CCCC(C)Oc1cc(/C(=C/NNC)CC)ccc1OC. The molecule has 0 bridgehead atoms. The number of rotatable bonds is 9. The van der Waals surface area contributed by atoms with Crippen LogP contribution in [0.15, 0.2) is 24.4 Å². The first-order chi connectivity index (χ1) is 10.2. The summed E-state index contributed by atoms with van der Waals surface area (Å²) in [5.41, 5.74) is 8.28. The van der Waals surface area contributed by atoms with Gasteiger partial charge in [-0.1, -0.05) is 26.3 Å². The number of hydrogen-bond donors (Lipinski definition) is 2. The second kappa shape index (κ2) is 9.29. The van der Waals surface area contributed by atoms with E-state index in [2.05, 4.69) is 43.8 Å². The first kappa shape index (κ1) is 17.4. The summed E-state index contributed by atoms with van der Waals surface area (Å²) in [6.45, 7) is 6.39. The molecule has 0 aromatic heterocycles. The molecule has 2 N–H and O–H groups in total. The fourth-order valence-corrected chi connectivity index (χ4v) is 2.20. The number of hydrogen-bond acceptors (Lipinski definition) is 4. The molecule has 0 aliphatic rings. The lowest BCUT2D eigenvalue weighted by molar-refractivity contribution is 0.201. The second-order valence-corrected chi connectivity index (χ2v) is 5.00. The van der Waals surface area contributed by atoms with Crippen molar-refractivity contribution in [2.45, 2.75) is 46.1 Å². The van der Waals surface area contributed by atoms with Gasteiger partial charge in [0.05, 0.1) is 13.2 Å². The first-order valence-electron chi connectivity index (χ1n) is 7.62. The smallest absolute Gasteiger partial charge is 0.162 e. The maximum atomic E-state index is 6.03. The summed E-state index contributed by atoms with van der Waals surface area (Å²) < 4.78 is 11.4. The van der Waals surface area contributed by atoms with Crippen LogP contribution in [0.3, 0.4) is 0 Å². The van der Waals surface area contributed by atoms with Crippen LogP contribution >= 0.6 is 0 Å². The van der Waals surface area contributed by atoms with Crippen LogP contribution < -0.4 is 20.3 Å². The molecule has 0 aliphatic heterocycles. The summed E-state index contributed by atoms with van der Waals surface area (Å²) in [6, 6.07) is 6.08. The summed E-state index contributed by atoms with van der Waals surface area (Å²) in [5, 5.41) is 0. The van der Waals surface area contributed by atoms with Crippen molar-refractivity contribution in [3.63, 3.8) is 0 Å². The molecule has 0 radical (unpaired) electrons. The number of benzene rings is 1. The van der Waals surface area contributed by atoms with Crippen molar-refractivity contribution in [1.82, 2.24) is 10.9 Å². The molecule has 0 heterocycles. The first-order valence-corrected chi connectivity index (χ1v) is 7.62. The predicted octanol–water partition coefficient (Wildman–Crippen LogP) is 3.74. The molecule has 0 fully saturated rings. The molecule has 1 rings (SSSR count). The summed E-state index contributed by atoms with van der Waals surface area (Å²) in [6.07, 6.45) is 5.23. The van der Waals surface area contributed by atoms with Gasteiger partial charge >= 0.3 is 0 Å². The number of nitrogens with one attached hydrogen (secondary N) is 2. The second-order valence-electron chi connectivity index (χ2n) is 5.00. The molecule has 0 amide bonds. The van der Waals surface area contributed by atoms with E-state index < -0.39 is 0 Å². The molecule has 0 saturated carbocycles. The predicted molar refractivity (Wildman–Crippen MR) is 88.5 cm³/mol. The van der Waals surface area contributed by atoms with Crippen LogP contribution in [0.1, 0.15) is 45.6 Å². The van der Waals surface area contributed by atoms with Crippen molar-refractivity contribution in [2.24, 2.45) is 0 Å². The number of allylic oxidation sites excluding steroid dienone is 1. The van der Waals surface area contributed by atoms with Gasteiger partial charge in [0.2, 0.25) is 0 Å². The van der Waals surface area contributed by atoms with Crippen LogP contribution in [-0.4, -0.2) is 20.3 Å². The Morgan fingerprint density at radius 3 is 2.62 bits per heavy atom. The zero-order valence-corrected chi connectivity index (χ0v) is 13.8. The molecule has 0 aliphatic carbocycles. The molecular weight excluding hydrogens is 264 g/mol. The third kappa shape index (κ3) is 5.31. The maximum Gasteiger partial charge on any atom is 0.162 e. The van der Waals surface area contributed by atoms with Crippen molar-refractivity contribution in [2.75, 3.05) is 14.2 Å². The molecule has 21 heavy (non-hydrogen) atoms. The van der Waals surface area contributed by atoms with Crippen molar-refractivity contribution < 1.29 is 9.47 Å². The van der Waals surface area contributed by atoms with Gasteiger partial charge < -0.3 is 14.9 Å². The van der Waals surface area contributed by atoms with Crippen molar-refractivity contribution in [3.05, 3.63) is 30.0 Å². The van der Waals surface area contributed by atoms with E-state index in [0.717, 1.165) is 36.3 Å². The van der Waals surface area contributed by atoms with Crippen LogP contribution in [0.5, 0.6) is 11.5 Å². The lowest BCUT2D eigenvalue weighted by atomic mass is 10.0. The quantitative estimate of drug-likeness (QED) is 0.680. The van der Waals surface area contributed by atoms with Gasteiger partial charge in [-0.25, -0.2) is 5.43 Å². The summed E-state index contributed by atoms with van der Waals surface area (Å²) in [7, 11) is 3.52. The van der Waals surface area contributed by atoms with E-state index in [9.17, 15) is 0 Å². The van der Waals surface area contributed by atoms with Gasteiger partial charge in [-0.2, -0.15) is 0 Å². The molecule has 1 aromatic rings. The highest BCUT2D eigenvalue weighted by Crippen LogP contribution is 2.32. The molecule has 118 valence electrons. The average Bonchev–Trinajstić information content (AvgIpc) is 2.48. The Balaban J connectivity index is 3.03. The molecule has 1 aromatic carbocycles. The normalized spacial score (nSPS) is 12.9. The summed E-state index contributed by atoms with van der Waals surface area (Å²) in [4.78, 5) is 0. The Hall–Kier alpha value is -1.68. The number of hydrazine groups is 1. The topological polar surface area (TPSA) is 42.5 Å². The molecule has 0 spiro atoms. The van der Waals surface area contributed by atoms with Crippen molar-refractivity contribution >= 4 is 5.57 Å². The van der Waals surface area contributed by atoms with E-state index in [1.54, 1.807) is 7.11 Å². The Morgan fingerprint density at radius 1 is 1.29 bits per heavy atom. The van der Waals surface area contributed by atoms with Gasteiger partial charge in [0, 0.05) is 13.2 Å². The molecule has 1 atom stereocenters. The van der Waals surface area contributed by atoms with E-state index in [-0.39, 0.29) is 6.10 Å². The third-order valence-corrected chi connectivity index (χ3v) is 3.33. The molecule has 4 nitrogen and oxygen atoms in total. The fraction of sp³-hybridized carbons (Fsp3) is 0.529. The average molecular weight is 292 g/mol. The highest BCUT2D eigenvalue weighted by Gasteiger charge is 2.11. The van der Waals surface area contributed by atoms with Gasteiger partial charge in [-0.15, -0.1) is 0 Å². The Kier molecular flexibility index (Phi) is 7.69.